The van der Waals surface area contributed by atoms with Gasteiger partial charge in [-0.2, -0.15) is 0 Å². The summed E-state index contributed by atoms with van der Waals surface area (Å²) in [4.78, 5) is 30.0. The average molecular weight is 770 g/mol. The summed E-state index contributed by atoms with van der Waals surface area (Å²) in [6, 6.07) is 7.81. The van der Waals surface area contributed by atoms with Crippen LogP contribution in [-0.2, 0) is 15.9 Å². The number of pyridine rings is 2. The summed E-state index contributed by atoms with van der Waals surface area (Å²) in [5.74, 6) is -0.166. The number of carbonyl (C=O) groups excluding carboxylic acids is 1. The first-order chi connectivity index (χ1) is 26.9. The lowest BCUT2D eigenvalue weighted by Gasteiger charge is -2.47. The number of rotatable bonds is 8. The average Bonchev–Trinajstić information content (AvgIpc) is 3.76. The fourth-order valence-electron chi connectivity index (χ4n) is 9.95. The van der Waals surface area contributed by atoms with Crippen molar-refractivity contribution in [3.8, 4) is 28.8 Å². The summed E-state index contributed by atoms with van der Waals surface area (Å²) >= 11 is 0. The summed E-state index contributed by atoms with van der Waals surface area (Å²) in [6.07, 6.45) is 4.49. The first-order valence-corrected chi connectivity index (χ1v) is 19.7. The van der Waals surface area contributed by atoms with Crippen LogP contribution in [0.3, 0.4) is 0 Å². The van der Waals surface area contributed by atoms with Gasteiger partial charge >= 0.3 is 6.09 Å². The van der Waals surface area contributed by atoms with Gasteiger partial charge in [0.15, 0.2) is 12.6 Å². The molecule has 56 heavy (non-hydrogen) atoms. The SMILES string of the molecule is C=C1CN2CCC[C@@]2(COc2cc3c4c(nc(-c5cc(OCOC)cc6ccc(F)c(CC)c56)c(F)c4n2)OC[C@@H]2[C@@H]4CC[C@H](CN32)N4C(=O)OC(C)(C)C)C1. The van der Waals surface area contributed by atoms with Crippen LogP contribution in [0.1, 0.15) is 65.4 Å². The van der Waals surface area contributed by atoms with Gasteiger partial charge in [-0.15, -0.1) is 0 Å². The quantitative estimate of drug-likeness (QED) is 0.131. The van der Waals surface area contributed by atoms with Crippen LogP contribution in [0.4, 0.5) is 19.3 Å². The van der Waals surface area contributed by atoms with E-state index in [1.165, 1.54) is 18.7 Å². The first kappa shape index (κ1) is 36.9. The number of piperazine rings is 1. The van der Waals surface area contributed by atoms with Gasteiger partial charge in [0, 0.05) is 31.8 Å². The van der Waals surface area contributed by atoms with E-state index >= 15 is 8.78 Å². The lowest BCUT2D eigenvalue weighted by Crippen LogP contribution is -2.63. The standard InChI is InChI=1S/C43H49F2N5O6/c1-7-28-30(44)11-9-25-15-27(55-23-52-6)16-29(35(25)28)38-37(45)39-36-32(17-34(46-39)54-22-43-13-8-14-48(43)19-24(2)18-43)49-20-26-10-12-31(33(49)21-53-40(36)47-38)50(26)41(51)56-42(3,4)5/h9,11,15-17,26,31,33H,2,7-8,10,12-14,18-23H2,1,3-6H3/t26-,31+,33-,43+/m1/s1. The number of nitrogens with zero attached hydrogens (tertiary/aromatic N) is 5. The maximum Gasteiger partial charge on any atom is 0.410 e. The van der Waals surface area contributed by atoms with E-state index in [9.17, 15) is 4.79 Å². The van der Waals surface area contributed by atoms with Crippen molar-refractivity contribution >= 4 is 33.5 Å². The van der Waals surface area contributed by atoms with Crippen LogP contribution >= 0.6 is 0 Å². The maximum atomic E-state index is 17.7. The summed E-state index contributed by atoms with van der Waals surface area (Å²) in [7, 11) is 1.52. The van der Waals surface area contributed by atoms with Gasteiger partial charge in [0.2, 0.25) is 11.8 Å². The number of amides is 1. The number of benzene rings is 2. The highest BCUT2D eigenvalue weighted by atomic mass is 19.1. The van der Waals surface area contributed by atoms with E-state index in [1.807, 2.05) is 38.7 Å². The van der Waals surface area contributed by atoms with Crippen molar-refractivity contribution in [1.82, 2.24) is 19.8 Å². The Kier molecular flexibility index (Phi) is 9.03. The van der Waals surface area contributed by atoms with E-state index in [4.69, 9.17) is 33.7 Å². The topological polar surface area (TPSA) is 98.7 Å². The van der Waals surface area contributed by atoms with E-state index in [2.05, 4.69) is 16.4 Å². The zero-order chi connectivity index (χ0) is 39.1. The van der Waals surface area contributed by atoms with E-state index in [1.54, 1.807) is 18.2 Å². The molecule has 4 fully saturated rings. The molecule has 0 radical (unpaired) electrons. The van der Waals surface area contributed by atoms with Crippen molar-refractivity contribution in [2.75, 3.05) is 51.7 Å². The molecule has 2 aromatic heterocycles. The minimum absolute atomic E-state index is 0.0354. The predicted octanol–water partition coefficient (Wildman–Crippen LogP) is 7.80. The Morgan fingerprint density at radius 3 is 2.71 bits per heavy atom. The zero-order valence-electron chi connectivity index (χ0n) is 32.8. The van der Waals surface area contributed by atoms with Crippen molar-refractivity contribution < 1.29 is 37.3 Å². The fraction of sp³-hybridized carbons (Fsp3) is 0.512. The monoisotopic (exact) mass is 769 g/mol. The van der Waals surface area contributed by atoms with Gasteiger partial charge in [-0.25, -0.2) is 23.5 Å². The molecule has 296 valence electrons. The molecule has 7 heterocycles. The molecule has 4 saturated heterocycles. The number of hydrogen-bond acceptors (Lipinski definition) is 10. The molecule has 5 aliphatic rings. The number of ether oxygens (including phenoxy) is 5. The molecular formula is C43H49F2N5O6. The number of hydrogen-bond donors (Lipinski definition) is 0. The van der Waals surface area contributed by atoms with Crippen LogP contribution in [0.15, 0.2) is 42.5 Å². The van der Waals surface area contributed by atoms with Crippen molar-refractivity contribution in [3.63, 3.8) is 0 Å². The Labute approximate surface area is 325 Å². The Balaban J connectivity index is 1.21. The van der Waals surface area contributed by atoms with Gasteiger partial charge in [0.1, 0.15) is 41.6 Å². The molecule has 0 aliphatic carbocycles. The minimum atomic E-state index is -0.681. The molecule has 4 atom stereocenters. The smallest absolute Gasteiger partial charge is 0.410 e. The Morgan fingerprint density at radius 1 is 1.09 bits per heavy atom. The Hall–Kier alpha value is -4.75. The number of aromatic nitrogens is 2. The summed E-state index contributed by atoms with van der Waals surface area (Å²) in [6.45, 7) is 14.6. The lowest BCUT2D eigenvalue weighted by atomic mass is 9.94. The maximum absolute atomic E-state index is 17.7. The summed E-state index contributed by atoms with van der Waals surface area (Å²) in [5, 5.41) is 1.62. The summed E-state index contributed by atoms with van der Waals surface area (Å²) in [5.41, 5.74) is 1.83. The number of methoxy groups -OCH3 is 1. The minimum Gasteiger partial charge on any atom is -0.476 e. The van der Waals surface area contributed by atoms with Crippen LogP contribution < -0.4 is 19.1 Å². The van der Waals surface area contributed by atoms with E-state index < -0.39 is 17.2 Å². The third-order valence-corrected chi connectivity index (χ3v) is 12.2. The molecule has 4 aromatic rings. The molecule has 0 unspecified atom stereocenters. The third-order valence-electron chi connectivity index (χ3n) is 12.2. The number of aryl methyl sites for hydroxylation is 1. The molecule has 5 aliphatic heterocycles. The number of halogens is 2. The number of carbonyl (C=O) groups is 1. The van der Waals surface area contributed by atoms with Crippen LogP contribution in [-0.4, -0.2) is 102 Å². The molecule has 9 rings (SSSR count). The molecule has 1 amide bonds. The van der Waals surface area contributed by atoms with Gasteiger partial charge in [-0.05, 0) is 100 Å². The molecule has 0 spiro atoms. The van der Waals surface area contributed by atoms with Gasteiger partial charge in [-0.1, -0.05) is 25.1 Å². The molecule has 11 nitrogen and oxygen atoms in total. The van der Waals surface area contributed by atoms with Crippen molar-refractivity contribution in [2.45, 2.75) is 95.5 Å². The fourth-order valence-corrected chi connectivity index (χ4v) is 9.95. The van der Waals surface area contributed by atoms with Crippen molar-refractivity contribution in [2.24, 2.45) is 0 Å². The first-order valence-electron chi connectivity index (χ1n) is 19.7. The Morgan fingerprint density at radius 2 is 1.93 bits per heavy atom. The van der Waals surface area contributed by atoms with Gasteiger partial charge in [-0.3, -0.25) is 9.80 Å². The second-order valence-electron chi connectivity index (χ2n) is 17.0. The van der Waals surface area contributed by atoms with Gasteiger partial charge in [0.25, 0.3) is 0 Å². The van der Waals surface area contributed by atoms with Gasteiger partial charge in [0.05, 0.1) is 34.7 Å². The predicted molar refractivity (Wildman–Crippen MR) is 209 cm³/mol. The molecule has 0 saturated carbocycles. The Bertz CT molecular complexity index is 2260. The highest BCUT2D eigenvalue weighted by molar-refractivity contribution is 6.04. The van der Waals surface area contributed by atoms with Crippen molar-refractivity contribution in [1.29, 1.82) is 0 Å². The molecule has 13 heteroatoms. The molecule has 2 aromatic carbocycles. The van der Waals surface area contributed by atoms with Gasteiger partial charge < -0.3 is 28.6 Å². The third kappa shape index (κ3) is 6.09. The van der Waals surface area contributed by atoms with Crippen molar-refractivity contribution in [3.05, 3.63) is 59.7 Å². The van der Waals surface area contributed by atoms with Crippen LogP contribution in [0.5, 0.6) is 17.5 Å². The highest BCUT2D eigenvalue weighted by Crippen LogP contribution is 2.48. The van der Waals surface area contributed by atoms with Crippen LogP contribution in [0.25, 0.3) is 32.9 Å². The molecule has 2 bridgehead atoms. The second kappa shape index (κ2) is 13.7. The zero-order valence-corrected chi connectivity index (χ0v) is 32.8. The van der Waals surface area contributed by atoms with E-state index in [0.717, 1.165) is 45.2 Å². The molecular weight excluding hydrogens is 720 g/mol. The van der Waals surface area contributed by atoms with E-state index in [-0.39, 0.29) is 66.1 Å². The van der Waals surface area contributed by atoms with Crippen LogP contribution in [0.2, 0.25) is 0 Å². The number of anilines is 1. The highest BCUT2D eigenvalue weighted by Gasteiger charge is 2.52. The lowest BCUT2D eigenvalue weighted by molar-refractivity contribution is 0.00546. The normalized spacial score (nSPS) is 24.3. The second-order valence-corrected chi connectivity index (χ2v) is 17.0. The molecule has 0 N–H and O–H groups in total. The van der Waals surface area contributed by atoms with Crippen LogP contribution in [0, 0.1) is 11.6 Å². The number of fused-ring (bicyclic) bond motifs is 7. The summed E-state index contributed by atoms with van der Waals surface area (Å²) < 4.78 is 63.3. The van der Waals surface area contributed by atoms with E-state index in [0.29, 0.717) is 58.3 Å². The largest absolute Gasteiger partial charge is 0.476 e.